The molecule has 5 nitrogen and oxygen atoms in total. The largest absolute Gasteiger partial charge is 0.497 e. The first-order chi connectivity index (χ1) is 13.4. The molecule has 3 rings (SSSR count). The van der Waals surface area contributed by atoms with E-state index < -0.39 is 5.91 Å². The fraction of sp³-hybridized carbons (Fsp3) is 0.0952. The number of fused-ring (bicyclic) bond motifs is 1. The number of ether oxygens (including phenoxy) is 1. The van der Waals surface area contributed by atoms with Crippen molar-refractivity contribution in [1.82, 2.24) is 4.98 Å². The molecule has 0 fully saturated rings. The molecule has 28 heavy (non-hydrogen) atoms. The number of nitriles is 1. The number of pyridine rings is 1. The van der Waals surface area contributed by atoms with Crippen LogP contribution in [0.4, 0.5) is 5.69 Å². The number of aromatic nitrogens is 1. The third-order valence-electron chi connectivity index (χ3n) is 4.12. The Labute approximate surface area is 172 Å². The van der Waals surface area contributed by atoms with E-state index in [1.54, 1.807) is 49.6 Å². The number of nitrogens with one attached hydrogen (secondary N) is 1. The smallest absolute Gasteiger partial charge is 0.266 e. The summed E-state index contributed by atoms with van der Waals surface area (Å²) < 4.78 is 5.22. The molecule has 1 heterocycles. The fourth-order valence-electron chi connectivity index (χ4n) is 2.60. The molecule has 0 radical (unpaired) electrons. The number of halogens is 2. The highest BCUT2D eigenvalue weighted by Crippen LogP contribution is 2.26. The minimum Gasteiger partial charge on any atom is -0.497 e. The predicted octanol–water partition coefficient (Wildman–Crippen LogP) is 5.40. The molecular weight excluding hydrogens is 397 g/mol. The number of methoxy groups -OCH3 is 1. The van der Waals surface area contributed by atoms with Gasteiger partial charge in [-0.25, -0.2) is 4.98 Å². The molecule has 2 aromatic carbocycles. The highest BCUT2D eigenvalue weighted by atomic mass is 35.5. The molecule has 1 aromatic heterocycles. The lowest BCUT2D eigenvalue weighted by atomic mass is 10.1. The van der Waals surface area contributed by atoms with Crippen molar-refractivity contribution in [2.45, 2.75) is 6.92 Å². The summed E-state index contributed by atoms with van der Waals surface area (Å²) in [6.07, 6.45) is 1.41. The molecule has 3 aromatic rings. The second-order valence-electron chi connectivity index (χ2n) is 6.01. The Bertz CT molecular complexity index is 1150. The first-order valence-corrected chi connectivity index (χ1v) is 9.00. The molecule has 0 saturated carbocycles. The maximum absolute atomic E-state index is 12.6. The van der Waals surface area contributed by atoms with E-state index in [9.17, 15) is 10.1 Å². The number of hydrogen-bond acceptors (Lipinski definition) is 4. The van der Waals surface area contributed by atoms with E-state index >= 15 is 0 Å². The number of aryl methyl sites for hydroxylation is 1. The van der Waals surface area contributed by atoms with Gasteiger partial charge in [-0.3, -0.25) is 4.79 Å². The topological polar surface area (TPSA) is 75.0 Å². The SMILES string of the molecule is COc1ccc2nc(Cl)c(/C=C(\C#N)C(=O)Nc3cc(Cl)ccc3C)cc2c1. The molecule has 0 aliphatic carbocycles. The van der Waals surface area contributed by atoms with Crippen LogP contribution in [0, 0.1) is 18.3 Å². The number of carbonyl (C=O) groups is 1. The minimum atomic E-state index is -0.560. The van der Waals surface area contributed by atoms with Crippen LogP contribution in [-0.4, -0.2) is 18.0 Å². The Morgan fingerprint density at radius 2 is 2.00 bits per heavy atom. The van der Waals surface area contributed by atoms with Crippen LogP contribution in [0.5, 0.6) is 5.75 Å². The zero-order chi connectivity index (χ0) is 20.3. The number of nitrogens with zero attached hydrogens (tertiary/aromatic N) is 2. The van der Waals surface area contributed by atoms with Crippen LogP contribution in [0.2, 0.25) is 10.2 Å². The van der Waals surface area contributed by atoms with Crippen LogP contribution in [-0.2, 0) is 4.79 Å². The van der Waals surface area contributed by atoms with E-state index in [4.69, 9.17) is 27.9 Å². The van der Waals surface area contributed by atoms with E-state index in [1.807, 2.05) is 13.0 Å². The standard InChI is InChI=1S/C21H15Cl2N3O2/c1-12-3-4-16(22)10-19(12)26-21(27)15(11-24)8-14-7-13-9-17(28-2)5-6-18(13)25-20(14)23/h3-10H,1-2H3,(H,26,27)/b15-8+. The third kappa shape index (κ3) is 4.25. The Morgan fingerprint density at radius 3 is 2.71 bits per heavy atom. The van der Waals surface area contributed by atoms with Crippen molar-refractivity contribution in [2.24, 2.45) is 0 Å². The van der Waals surface area contributed by atoms with Crippen molar-refractivity contribution >= 4 is 51.8 Å². The van der Waals surface area contributed by atoms with Crippen molar-refractivity contribution in [3.63, 3.8) is 0 Å². The molecule has 1 amide bonds. The predicted molar refractivity (Wildman–Crippen MR) is 112 cm³/mol. The van der Waals surface area contributed by atoms with Gasteiger partial charge < -0.3 is 10.1 Å². The number of benzene rings is 2. The molecule has 0 spiro atoms. The van der Waals surface area contributed by atoms with Gasteiger partial charge in [-0.2, -0.15) is 5.26 Å². The Hall–Kier alpha value is -3.07. The van der Waals surface area contributed by atoms with Gasteiger partial charge in [0, 0.05) is 21.7 Å². The quantitative estimate of drug-likeness (QED) is 0.354. The molecule has 140 valence electrons. The highest BCUT2D eigenvalue weighted by molar-refractivity contribution is 6.32. The van der Waals surface area contributed by atoms with Gasteiger partial charge in [-0.15, -0.1) is 0 Å². The monoisotopic (exact) mass is 411 g/mol. The average Bonchev–Trinajstić information content (AvgIpc) is 2.68. The highest BCUT2D eigenvalue weighted by Gasteiger charge is 2.13. The third-order valence-corrected chi connectivity index (χ3v) is 4.65. The maximum atomic E-state index is 12.6. The van der Waals surface area contributed by atoms with Crippen molar-refractivity contribution in [1.29, 1.82) is 5.26 Å². The summed E-state index contributed by atoms with van der Waals surface area (Å²) in [6.45, 7) is 1.83. The molecular formula is C21H15Cl2N3O2. The summed E-state index contributed by atoms with van der Waals surface area (Å²) in [6, 6.07) is 14.2. The minimum absolute atomic E-state index is 0.106. The Kier molecular flexibility index (Phi) is 5.84. The molecule has 0 unspecified atom stereocenters. The summed E-state index contributed by atoms with van der Waals surface area (Å²) in [5.74, 6) is 0.107. The molecule has 0 saturated heterocycles. The van der Waals surface area contributed by atoms with Gasteiger partial charge in [-0.1, -0.05) is 29.3 Å². The summed E-state index contributed by atoms with van der Waals surface area (Å²) in [7, 11) is 1.57. The van der Waals surface area contributed by atoms with Crippen molar-refractivity contribution < 1.29 is 9.53 Å². The van der Waals surface area contributed by atoms with Gasteiger partial charge in [-0.05, 0) is 55.0 Å². The van der Waals surface area contributed by atoms with Crippen LogP contribution in [0.25, 0.3) is 17.0 Å². The molecule has 0 aliphatic heterocycles. The van der Waals surface area contributed by atoms with Crippen molar-refractivity contribution in [3.8, 4) is 11.8 Å². The van der Waals surface area contributed by atoms with Gasteiger partial charge in [0.25, 0.3) is 5.91 Å². The molecule has 0 bridgehead atoms. The first kappa shape index (κ1) is 19.7. The van der Waals surface area contributed by atoms with E-state index in [-0.39, 0.29) is 10.7 Å². The van der Waals surface area contributed by atoms with Crippen LogP contribution in [0.15, 0.2) is 48.0 Å². The van der Waals surface area contributed by atoms with Gasteiger partial charge in [0.15, 0.2) is 0 Å². The fourth-order valence-corrected chi connectivity index (χ4v) is 2.97. The number of carbonyl (C=O) groups excluding carboxylic acids is 1. The van der Waals surface area contributed by atoms with E-state index in [0.29, 0.717) is 27.5 Å². The van der Waals surface area contributed by atoms with E-state index in [0.717, 1.165) is 10.9 Å². The van der Waals surface area contributed by atoms with Crippen molar-refractivity contribution in [3.05, 3.63) is 69.3 Å². The second kappa shape index (κ2) is 8.30. The summed E-state index contributed by atoms with van der Waals surface area (Å²) in [5, 5.41) is 13.6. The number of hydrogen-bond donors (Lipinski definition) is 1. The zero-order valence-electron chi connectivity index (χ0n) is 15.1. The molecule has 7 heteroatoms. The Morgan fingerprint density at radius 1 is 1.21 bits per heavy atom. The summed E-state index contributed by atoms with van der Waals surface area (Å²) in [4.78, 5) is 16.9. The number of anilines is 1. The Balaban J connectivity index is 1.97. The van der Waals surface area contributed by atoms with Crippen LogP contribution < -0.4 is 10.1 Å². The van der Waals surface area contributed by atoms with Crippen LogP contribution in [0.1, 0.15) is 11.1 Å². The van der Waals surface area contributed by atoms with E-state index in [2.05, 4.69) is 10.3 Å². The lowest BCUT2D eigenvalue weighted by Crippen LogP contribution is -2.14. The van der Waals surface area contributed by atoms with Gasteiger partial charge >= 0.3 is 0 Å². The van der Waals surface area contributed by atoms with E-state index in [1.165, 1.54) is 6.08 Å². The molecule has 0 atom stereocenters. The normalized spacial score (nSPS) is 11.2. The first-order valence-electron chi connectivity index (χ1n) is 8.25. The van der Waals surface area contributed by atoms with Gasteiger partial charge in [0.1, 0.15) is 22.5 Å². The van der Waals surface area contributed by atoms with Crippen LogP contribution >= 0.6 is 23.2 Å². The average molecular weight is 412 g/mol. The van der Waals surface area contributed by atoms with Gasteiger partial charge in [0.05, 0.1) is 12.6 Å². The number of amides is 1. The zero-order valence-corrected chi connectivity index (χ0v) is 16.6. The lowest BCUT2D eigenvalue weighted by Gasteiger charge is -2.09. The lowest BCUT2D eigenvalue weighted by molar-refractivity contribution is -0.112. The summed E-state index contributed by atoms with van der Waals surface area (Å²) in [5.41, 5.74) is 2.39. The molecule has 1 N–H and O–H groups in total. The second-order valence-corrected chi connectivity index (χ2v) is 6.80. The maximum Gasteiger partial charge on any atom is 0.266 e. The van der Waals surface area contributed by atoms with Crippen molar-refractivity contribution in [2.75, 3.05) is 12.4 Å². The van der Waals surface area contributed by atoms with Crippen LogP contribution in [0.3, 0.4) is 0 Å². The number of rotatable bonds is 4. The van der Waals surface area contributed by atoms with Gasteiger partial charge in [0.2, 0.25) is 0 Å². The summed E-state index contributed by atoms with van der Waals surface area (Å²) >= 11 is 12.2. The molecule has 0 aliphatic rings.